The van der Waals surface area contributed by atoms with Gasteiger partial charge >= 0.3 is 0 Å². The Morgan fingerprint density at radius 1 is 1.03 bits per heavy atom. The molecule has 0 aliphatic heterocycles. The summed E-state index contributed by atoms with van der Waals surface area (Å²) in [6.07, 6.45) is 1.61. The average molecular weight is 409 g/mol. The molecule has 3 aromatic carbocycles. The van der Waals surface area contributed by atoms with E-state index in [0.717, 1.165) is 33.5 Å². The summed E-state index contributed by atoms with van der Waals surface area (Å²) >= 11 is 0. The molecule has 0 spiro atoms. The number of carbonyl (C=O) groups excluding carboxylic acids is 1. The summed E-state index contributed by atoms with van der Waals surface area (Å²) in [7, 11) is 0. The molecule has 1 N–H and O–H groups in total. The lowest BCUT2D eigenvalue weighted by molar-refractivity contribution is 0.0956. The van der Waals surface area contributed by atoms with Gasteiger partial charge < -0.3 is 4.74 Å². The number of benzene rings is 3. The lowest BCUT2D eigenvalue weighted by Gasteiger charge is -2.09. The minimum absolute atomic E-state index is 0.283. The number of hydrogen-bond acceptors (Lipinski definition) is 4. The van der Waals surface area contributed by atoms with Crippen molar-refractivity contribution in [3.8, 4) is 17.0 Å². The van der Waals surface area contributed by atoms with Gasteiger partial charge in [-0.05, 0) is 55.8 Å². The van der Waals surface area contributed by atoms with Gasteiger partial charge in [0.05, 0.1) is 29.6 Å². The molecule has 0 atom stereocenters. The first-order valence-corrected chi connectivity index (χ1v) is 10.2. The van der Waals surface area contributed by atoms with Crippen molar-refractivity contribution in [2.24, 2.45) is 5.10 Å². The quantitative estimate of drug-likeness (QED) is 0.344. The van der Waals surface area contributed by atoms with Crippen LogP contribution in [-0.4, -0.2) is 23.7 Å². The molecule has 0 aliphatic rings. The Bertz CT molecular complexity index is 1230. The van der Waals surface area contributed by atoms with Crippen LogP contribution in [0.5, 0.6) is 5.75 Å². The van der Waals surface area contributed by atoms with Crippen molar-refractivity contribution in [3.05, 3.63) is 95.6 Å². The predicted octanol–water partition coefficient (Wildman–Crippen LogP) is 5.37. The van der Waals surface area contributed by atoms with Gasteiger partial charge in [-0.15, -0.1) is 0 Å². The molecule has 0 bridgehead atoms. The third kappa shape index (κ3) is 4.78. The first-order chi connectivity index (χ1) is 15.1. The summed E-state index contributed by atoms with van der Waals surface area (Å²) in [5.74, 6) is 0.518. The summed E-state index contributed by atoms with van der Waals surface area (Å²) in [5, 5.41) is 4.91. The van der Waals surface area contributed by atoms with Crippen LogP contribution in [0.25, 0.3) is 22.2 Å². The van der Waals surface area contributed by atoms with Gasteiger partial charge in [-0.2, -0.15) is 5.10 Å². The number of ether oxygens (including phenoxy) is 1. The molecule has 1 aromatic heterocycles. The van der Waals surface area contributed by atoms with Crippen LogP contribution in [0.4, 0.5) is 0 Å². The summed E-state index contributed by atoms with van der Waals surface area (Å²) in [6, 6.07) is 25.0. The van der Waals surface area contributed by atoms with Crippen LogP contribution in [0, 0.1) is 6.92 Å². The first-order valence-electron chi connectivity index (χ1n) is 10.2. The number of aryl methyl sites for hydroxylation is 1. The Morgan fingerprint density at radius 2 is 1.77 bits per heavy atom. The number of nitrogens with zero attached hydrogens (tertiary/aromatic N) is 2. The Morgan fingerprint density at radius 3 is 2.52 bits per heavy atom. The molecule has 1 amide bonds. The van der Waals surface area contributed by atoms with Gasteiger partial charge in [0.15, 0.2) is 0 Å². The van der Waals surface area contributed by atoms with Crippen molar-refractivity contribution in [2.75, 3.05) is 6.61 Å². The van der Waals surface area contributed by atoms with Crippen molar-refractivity contribution in [1.82, 2.24) is 10.4 Å². The number of amides is 1. The van der Waals surface area contributed by atoms with Crippen LogP contribution in [0.3, 0.4) is 0 Å². The highest BCUT2D eigenvalue weighted by Gasteiger charge is 2.13. The van der Waals surface area contributed by atoms with Gasteiger partial charge in [-0.3, -0.25) is 4.79 Å². The van der Waals surface area contributed by atoms with Gasteiger partial charge in [0, 0.05) is 10.9 Å². The van der Waals surface area contributed by atoms with Crippen LogP contribution in [0.15, 0.2) is 84.0 Å². The van der Waals surface area contributed by atoms with Crippen molar-refractivity contribution < 1.29 is 9.53 Å². The van der Waals surface area contributed by atoms with Gasteiger partial charge in [0.25, 0.3) is 5.91 Å². The monoisotopic (exact) mass is 409 g/mol. The van der Waals surface area contributed by atoms with E-state index in [9.17, 15) is 4.79 Å². The topological polar surface area (TPSA) is 63.6 Å². The van der Waals surface area contributed by atoms with Crippen molar-refractivity contribution in [2.45, 2.75) is 13.8 Å². The maximum atomic E-state index is 13.0. The predicted molar refractivity (Wildman–Crippen MR) is 125 cm³/mol. The fourth-order valence-corrected chi connectivity index (χ4v) is 3.28. The number of para-hydroxylation sites is 1. The van der Waals surface area contributed by atoms with E-state index in [1.54, 1.807) is 6.21 Å². The molecule has 0 radical (unpaired) electrons. The van der Waals surface area contributed by atoms with Gasteiger partial charge in [0.1, 0.15) is 5.75 Å². The number of rotatable bonds is 6. The maximum absolute atomic E-state index is 13.0. The smallest absolute Gasteiger partial charge is 0.272 e. The van der Waals surface area contributed by atoms with Crippen molar-refractivity contribution in [1.29, 1.82) is 0 Å². The van der Waals surface area contributed by atoms with E-state index in [4.69, 9.17) is 9.72 Å². The van der Waals surface area contributed by atoms with Crippen LogP contribution in [0.1, 0.15) is 28.4 Å². The third-order valence-electron chi connectivity index (χ3n) is 4.88. The highest BCUT2D eigenvalue weighted by molar-refractivity contribution is 6.07. The van der Waals surface area contributed by atoms with E-state index in [0.29, 0.717) is 12.2 Å². The molecule has 5 nitrogen and oxygen atoms in total. The van der Waals surface area contributed by atoms with E-state index in [2.05, 4.69) is 10.5 Å². The molecule has 1 heterocycles. The number of carbonyl (C=O) groups is 1. The molecule has 0 fully saturated rings. The van der Waals surface area contributed by atoms with Crippen LogP contribution in [0.2, 0.25) is 0 Å². The maximum Gasteiger partial charge on any atom is 0.272 e. The van der Waals surface area contributed by atoms with Crippen molar-refractivity contribution >= 4 is 23.0 Å². The van der Waals surface area contributed by atoms with Gasteiger partial charge in [-0.1, -0.05) is 48.0 Å². The van der Waals surface area contributed by atoms with Crippen LogP contribution < -0.4 is 10.2 Å². The van der Waals surface area contributed by atoms with Crippen LogP contribution >= 0.6 is 0 Å². The summed E-state index contributed by atoms with van der Waals surface area (Å²) in [4.78, 5) is 17.7. The van der Waals surface area contributed by atoms with Gasteiger partial charge in [0.2, 0.25) is 0 Å². The third-order valence-corrected chi connectivity index (χ3v) is 4.88. The first kappa shape index (κ1) is 20.3. The van der Waals surface area contributed by atoms with Gasteiger partial charge in [-0.25, -0.2) is 10.4 Å². The Kier molecular flexibility index (Phi) is 6.03. The molecule has 0 unspecified atom stereocenters. The number of nitrogens with one attached hydrogen (secondary N) is 1. The Labute approximate surface area is 181 Å². The average Bonchev–Trinajstić information content (AvgIpc) is 2.80. The molecule has 4 rings (SSSR count). The molecule has 31 heavy (non-hydrogen) atoms. The Balaban J connectivity index is 1.60. The zero-order valence-corrected chi connectivity index (χ0v) is 17.5. The number of aromatic nitrogens is 1. The molecule has 0 saturated heterocycles. The summed E-state index contributed by atoms with van der Waals surface area (Å²) in [5.41, 5.74) is 7.68. The zero-order valence-electron chi connectivity index (χ0n) is 17.5. The number of fused-ring (bicyclic) bond motifs is 1. The Hall–Kier alpha value is -3.99. The SMILES string of the molecule is CCOc1ccc(C=NNC(=O)c2cc(-c3ccc(C)cc3)nc3ccccc23)cc1. The van der Waals surface area contributed by atoms with E-state index in [1.165, 1.54) is 5.56 Å². The second-order valence-electron chi connectivity index (χ2n) is 7.14. The van der Waals surface area contributed by atoms with E-state index in [1.807, 2.05) is 92.7 Å². The van der Waals surface area contributed by atoms with Crippen molar-refractivity contribution in [3.63, 3.8) is 0 Å². The lowest BCUT2D eigenvalue weighted by atomic mass is 10.0. The minimum Gasteiger partial charge on any atom is -0.494 e. The molecular weight excluding hydrogens is 386 g/mol. The largest absolute Gasteiger partial charge is 0.494 e. The molecule has 4 aromatic rings. The fourth-order valence-electron chi connectivity index (χ4n) is 3.28. The zero-order chi connectivity index (χ0) is 21.6. The highest BCUT2D eigenvalue weighted by atomic mass is 16.5. The van der Waals surface area contributed by atoms with E-state index < -0.39 is 0 Å². The number of hydrazone groups is 1. The molecular formula is C26H23N3O2. The summed E-state index contributed by atoms with van der Waals surface area (Å²) < 4.78 is 5.44. The minimum atomic E-state index is -0.283. The standard InChI is InChI=1S/C26H23N3O2/c1-3-31-21-14-10-19(11-15-21)17-27-29-26(30)23-16-25(20-12-8-18(2)9-13-20)28-24-7-5-4-6-22(23)24/h4-17H,3H2,1-2H3,(H,29,30). The second-order valence-corrected chi connectivity index (χ2v) is 7.14. The normalized spacial score (nSPS) is 11.0. The fraction of sp³-hybridized carbons (Fsp3) is 0.115. The highest BCUT2D eigenvalue weighted by Crippen LogP contribution is 2.25. The second kappa shape index (κ2) is 9.22. The lowest BCUT2D eigenvalue weighted by Crippen LogP contribution is -2.18. The number of pyridine rings is 1. The molecule has 154 valence electrons. The molecule has 5 heteroatoms. The summed E-state index contributed by atoms with van der Waals surface area (Å²) in [6.45, 7) is 4.60. The molecule has 0 saturated carbocycles. The molecule has 0 aliphatic carbocycles. The van der Waals surface area contributed by atoms with Crippen LogP contribution in [-0.2, 0) is 0 Å². The van der Waals surface area contributed by atoms with E-state index >= 15 is 0 Å². The number of hydrogen-bond donors (Lipinski definition) is 1. The van der Waals surface area contributed by atoms with E-state index in [-0.39, 0.29) is 5.91 Å².